The number of hydrogen-bond acceptors (Lipinski definition) is 3. The monoisotopic (exact) mass is 293 g/mol. The average Bonchev–Trinajstić information content (AvgIpc) is 2.71. The fourth-order valence-corrected chi connectivity index (χ4v) is 1.49. The van der Waals surface area contributed by atoms with Crippen LogP contribution < -0.4 is 5.32 Å². The molecule has 0 aromatic carbocycles. The Labute approximate surface area is 117 Å². The first-order valence-electron chi connectivity index (χ1n) is 6.63. The predicted molar refractivity (Wildman–Crippen MR) is 70.2 cm³/mol. The molecule has 0 fully saturated rings. The standard InChI is InChI=1S/C14H22F3NO2/c1-13(2,3)18-9-11-5-6-12(20-11)10-19-8-4-7-14(15,16)17/h5-6,18H,4,7-10H2,1-3H3. The Morgan fingerprint density at radius 3 is 2.40 bits per heavy atom. The summed E-state index contributed by atoms with van der Waals surface area (Å²) in [5, 5.41) is 3.28. The van der Waals surface area contributed by atoms with E-state index in [4.69, 9.17) is 9.15 Å². The van der Waals surface area contributed by atoms with Crippen LogP contribution in [0.2, 0.25) is 0 Å². The van der Waals surface area contributed by atoms with Crippen LogP contribution in [0.5, 0.6) is 0 Å². The van der Waals surface area contributed by atoms with Gasteiger partial charge in [-0.25, -0.2) is 0 Å². The third kappa shape index (κ3) is 8.22. The molecule has 1 aromatic heterocycles. The Bertz CT molecular complexity index is 394. The summed E-state index contributed by atoms with van der Waals surface area (Å²) in [6.07, 6.45) is -4.95. The second-order valence-corrected chi connectivity index (χ2v) is 5.74. The van der Waals surface area contributed by atoms with Gasteiger partial charge in [-0.3, -0.25) is 0 Å². The highest BCUT2D eigenvalue weighted by molar-refractivity contribution is 5.06. The minimum Gasteiger partial charge on any atom is -0.462 e. The van der Waals surface area contributed by atoms with Crippen LogP contribution in [0.1, 0.15) is 45.1 Å². The first-order valence-corrected chi connectivity index (χ1v) is 6.63. The molecule has 20 heavy (non-hydrogen) atoms. The van der Waals surface area contributed by atoms with Gasteiger partial charge in [-0.15, -0.1) is 0 Å². The molecule has 0 aliphatic carbocycles. The molecule has 0 atom stereocenters. The second kappa shape index (κ2) is 7.13. The molecular weight excluding hydrogens is 271 g/mol. The average molecular weight is 293 g/mol. The summed E-state index contributed by atoms with van der Waals surface area (Å²) in [6, 6.07) is 3.62. The molecule has 6 heteroatoms. The molecule has 0 aliphatic heterocycles. The topological polar surface area (TPSA) is 34.4 Å². The van der Waals surface area contributed by atoms with Gasteiger partial charge in [-0.05, 0) is 39.3 Å². The van der Waals surface area contributed by atoms with Crippen LogP contribution in [0.25, 0.3) is 0 Å². The molecule has 0 saturated carbocycles. The van der Waals surface area contributed by atoms with Crippen LogP contribution in [-0.4, -0.2) is 18.3 Å². The minimum atomic E-state index is -4.11. The molecule has 1 N–H and O–H groups in total. The minimum absolute atomic E-state index is 0.00104. The van der Waals surface area contributed by atoms with Crippen molar-refractivity contribution in [3.05, 3.63) is 23.7 Å². The predicted octanol–water partition coefficient (Wildman–Crippen LogP) is 4.03. The van der Waals surface area contributed by atoms with Crippen LogP contribution in [0.15, 0.2) is 16.5 Å². The van der Waals surface area contributed by atoms with E-state index in [1.165, 1.54) is 0 Å². The van der Waals surface area contributed by atoms with E-state index in [0.717, 1.165) is 5.76 Å². The number of halogens is 3. The van der Waals surface area contributed by atoms with Crippen molar-refractivity contribution in [1.29, 1.82) is 0 Å². The zero-order valence-corrected chi connectivity index (χ0v) is 12.1. The maximum atomic E-state index is 11.9. The van der Waals surface area contributed by atoms with E-state index in [1.54, 1.807) is 6.07 Å². The Balaban J connectivity index is 2.20. The highest BCUT2D eigenvalue weighted by Crippen LogP contribution is 2.21. The molecule has 0 spiro atoms. The van der Waals surface area contributed by atoms with Crippen molar-refractivity contribution >= 4 is 0 Å². The summed E-state index contributed by atoms with van der Waals surface area (Å²) in [5.41, 5.74) is 0.00104. The largest absolute Gasteiger partial charge is 0.462 e. The molecule has 0 saturated heterocycles. The van der Waals surface area contributed by atoms with Gasteiger partial charge in [0.15, 0.2) is 0 Å². The van der Waals surface area contributed by atoms with Crippen molar-refractivity contribution in [3.8, 4) is 0 Å². The van der Waals surface area contributed by atoms with E-state index < -0.39 is 12.6 Å². The maximum Gasteiger partial charge on any atom is 0.389 e. The van der Waals surface area contributed by atoms with E-state index in [2.05, 4.69) is 26.1 Å². The Kier molecular flexibility index (Phi) is 6.07. The molecule has 1 heterocycles. The molecule has 1 aromatic rings. The lowest BCUT2D eigenvalue weighted by molar-refractivity contribution is -0.138. The molecule has 116 valence electrons. The normalized spacial score (nSPS) is 12.9. The molecule has 1 rings (SSSR count). The molecule has 0 radical (unpaired) electrons. The smallest absolute Gasteiger partial charge is 0.389 e. The highest BCUT2D eigenvalue weighted by Gasteiger charge is 2.25. The number of hydrogen-bond donors (Lipinski definition) is 1. The molecule has 3 nitrogen and oxygen atoms in total. The summed E-state index contributed by atoms with van der Waals surface area (Å²) in [4.78, 5) is 0. The van der Waals surface area contributed by atoms with Crippen molar-refractivity contribution < 1.29 is 22.3 Å². The summed E-state index contributed by atoms with van der Waals surface area (Å²) >= 11 is 0. The van der Waals surface area contributed by atoms with Crippen molar-refractivity contribution in [1.82, 2.24) is 5.32 Å². The number of furan rings is 1. The number of rotatable bonds is 7. The summed E-state index contributed by atoms with van der Waals surface area (Å²) in [6.45, 7) is 7.06. The molecular formula is C14H22F3NO2. The maximum absolute atomic E-state index is 11.9. The molecule has 0 amide bonds. The van der Waals surface area contributed by atoms with Crippen LogP contribution in [0.4, 0.5) is 13.2 Å². The van der Waals surface area contributed by atoms with Crippen LogP contribution in [0, 0.1) is 0 Å². The molecule has 0 bridgehead atoms. The summed E-state index contributed by atoms with van der Waals surface area (Å²) < 4.78 is 46.4. The fourth-order valence-electron chi connectivity index (χ4n) is 1.49. The van der Waals surface area contributed by atoms with Gasteiger partial charge in [0.05, 0.1) is 6.54 Å². The lowest BCUT2D eigenvalue weighted by atomic mass is 10.1. The van der Waals surface area contributed by atoms with Crippen LogP contribution in [0.3, 0.4) is 0 Å². The zero-order valence-electron chi connectivity index (χ0n) is 12.1. The zero-order chi connectivity index (χ0) is 15.2. The Morgan fingerprint density at radius 1 is 1.15 bits per heavy atom. The van der Waals surface area contributed by atoms with E-state index in [-0.39, 0.29) is 25.2 Å². The quantitative estimate of drug-likeness (QED) is 0.771. The fraction of sp³-hybridized carbons (Fsp3) is 0.714. The van der Waals surface area contributed by atoms with E-state index in [1.807, 2.05) is 6.07 Å². The van der Waals surface area contributed by atoms with Gasteiger partial charge < -0.3 is 14.5 Å². The van der Waals surface area contributed by atoms with Crippen molar-refractivity contribution in [2.24, 2.45) is 0 Å². The van der Waals surface area contributed by atoms with Gasteiger partial charge in [0, 0.05) is 18.6 Å². The molecule has 0 aliphatic rings. The van der Waals surface area contributed by atoms with Crippen molar-refractivity contribution in [2.45, 2.75) is 58.5 Å². The molecule has 0 unspecified atom stereocenters. The van der Waals surface area contributed by atoms with Crippen LogP contribution >= 0.6 is 0 Å². The highest BCUT2D eigenvalue weighted by atomic mass is 19.4. The number of nitrogens with one attached hydrogen (secondary N) is 1. The van der Waals surface area contributed by atoms with Gasteiger partial charge in [-0.2, -0.15) is 13.2 Å². The van der Waals surface area contributed by atoms with Crippen molar-refractivity contribution in [2.75, 3.05) is 6.61 Å². The third-order valence-corrected chi connectivity index (χ3v) is 2.50. The van der Waals surface area contributed by atoms with Gasteiger partial charge >= 0.3 is 6.18 Å². The van der Waals surface area contributed by atoms with E-state index in [9.17, 15) is 13.2 Å². The Morgan fingerprint density at radius 2 is 1.80 bits per heavy atom. The van der Waals surface area contributed by atoms with Crippen molar-refractivity contribution in [3.63, 3.8) is 0 Å². The third-order valence-electron chi connectivity index (χ3n) is 2.50. The van der Waals surface area contributed by atoms with Gasteiger partial charge in [-0.1, -0.05) is 0 Å². The lowest BCUT2D eigenvalue weighted by Crippen LogP contribution is -2.34. The van der Waals surface area contributed by atoms with Gasteiger partial charge in [0.2, 0.25) is 0 Å². The van der Waals surface area contributed by atoms with Crippen LogP contribution in [-0.2, 0) is 17.9 Å². The first kappa shape index (κ1) is 17.0. The summed E-state index contributed by atoms with van der Waals surface area (Å²) in [5.74, 6) is 1.41. The first-order chi connectivity index (χ1) is 9.16. The van der Waals surface area contributed by atoms with Gasteiger partial charge in [0.1, 0.15) is 18.1 Å². The lowest BCUT2D eigenvalue weighted by Gasteiger charge is -2.19. The number of alkyl halides is 3. The van der Waals surface area contributed by atoms with E-state index in [0.29, 0.717) is 12.3 Å². The summed E-state index contributed by atoms with van der Waals surface area (Å²) in [7, 11) is 0. The van der Waals surface area contributed by atoms with Gasteiger partial charge in [0.25, 0.3) is 0 Å². The van der Waals surface area contributed by atoms with E-state index >= 15 is 0 Å². The SMILES string of the molecule is CC(C)(C)NCc1ccc(COCCCC(F)(F)F)o1. The Hall–Kier alpha value is -1.01. The number of ether oxygens (including phenoxy) is 1. The second-order valence-electron chi connectivity index (χ2n) is 5.74.